The zero-order valence-corrected chi connectivity index (χ0v) is 16.4. The molecule has 3 atom stereocenters. The molecule has 0 radical (unpaired) electrons. The van der Waals surface area contributed by atoms with E-state index >= 15 is 0 Å². The molecule has 7 heteroatoms. The minimum absolute atomic E-state index is 0.671. The van der Waals surface area contributed by atoms with Crippen molar-refractivity contribution in [1.29, 1.82) is 0 Å². The third kappa shape index (κ3) is 13.0. The molecule has 0 heterocycles. The number of hydrogen-bond donors (Lipinski definition) is 3. The van der Waals surface area contributed by atoms with Crippen LogP contribution in [0.4, 0.5) is 13.2 Å². The van der Waals surface area contributed by atoms with Crippen LogP contribution in [0.2, 0.25) is 0 Å². The Morgan fingerprint density at radius 2 is 1.37 bits per heavy atom. The number of Topliss-reactive ketones (excluding diaryl/α,β-unsaturated/α-hetero) is 1. The number of alkyl halides is 3. The van der Waals surface area contributed by atoms with Crippen molar-refractivity contribution >= 4 is 5.78 Å². The topological polar surface area (TPSA) is 83.6 Å². The van der Waals surface area contributed by atoms with Gasteiger partial charge < -0.3 is 15.9 Å². The average molecular weight is 396 g/mol. The summed E-state index contributed by atoms with van der Waals surface area (Å²) in [5.41, 5.74) is 5.33. The van der Waals surface area contributed by atoms with Crippen LogP contribution in [0.5, 0.6) is 0 Å². The molecule has 0 aromatic carbocycles. The number of halogens is 3. The Morgan fingerprint density at radius 3 is 1.81 bits per heavy atom. The lowest BCUT2D eigenvalue weighted by molar-refractivity contribution is -0.181. The minimum atomic E-state index is -5.17. The highest BCUT2D eigenvalue weighted by molar-refractivity contribution is 5.88. The van der Waals surface area contributed by atoms with Crippen molar-refractivity contribution in [3.8, 4) is 0 Å². The summed E-state index contributed by atoms with van der Waals surface area (Å²) >= 11 is 0. The Morgan fingerprint density at radius 1 is 0.926 bits per heavy atom. The summed E-state index contributed by atoms with van der Waals surface area (Å²) in [6.45, 7) is 2.21. The zero-order chi connectivity index (χ0) is 20.7. The quantitative estimate of drug-likeness (QED) is 0.267. The highest BCUT2D eigenvalue weighted by Gasteiger charge is 2.45. The van der Waals surface area contributed by atoms with E-state index in [1.165, 1.54) is 57.4 Å². The first-order chi connectivity index (χ1) is 12.7. The highest BCUT2D eigenvalue weighted by atomic mass is 19.4. The standard InChI is InChI=1S/C20H36F3NO3/c1-2-3-4-5-6-7-8-9-10-11-12-13-14-15-16(25)17(24)18(26)19(27)20(21,22)23/h14-18,25-26H,2-13,24H2,1H3/b15-14+/t16-,17-,18?/m1/s1. The van der Waals surface area contributed by atoms with Gasteiger partial charge in [-0.05, 0) is 12.8 Å². The molecule has 4 N–H and O–H groups in total. The third-order valence-corrected chi connectivity index (χ3v) is 4.61. The van der Waals surface area contributed by atoms with Crippen LogP contribution < -0.4 is 5.73 Å². The summed E-state index contributed by atoms with van der Waals surface area (Å²) in [6.07, 6.45) is 7.82. The second-order valence-electron chi connectivity index (χ2n) is 7.13. The Labute approximate surface area is 161 Å². The summed E-state index contributed by atoms with van der Waals surface area (Å²) in [4.78, 5) is 10.9. The second-order valence-corrected chi connectivity index (χ2v) is 7.13. The van der Waals surface area contributed by atoms with Crippen LogP contribution in [0.15, 0.2) is 12.2 Å². The highest BCUT2D eigenvalue weighted by Crippen LogP contribution is 2.20. The Balaban J connectivity index is 3.74. The van der Waals surface area contributed by atoms with Gasteiger partial charge >= 0.3 is 6.18 Å². The molecule has 0 saturated heterocycles. The molecule has 0 aromatic heterocycles. The fraction of sp³-hybridized carbons (Fsp3) is 0.850. The van der Waals surface area contributed by atoms with Gasteiger partial charge in [0.25, 0.3) is 5.78 Å². The molecule has 4 nitrogen and oxygen atoms in total. The van der Waals surface area contributed by atoms with Crippen molar-refractivity contribution in [2.75, 3.05) is 0 Å². The Bertz CT molecular complexity index is 414. The molecule has 0 spiro atoms. The molecule has 0 saturated carbocycles. The normalized spacial score (nSPS) is 15.8. The van der Waals surface area contributed by atoms with Crippen molar-refractivity contribution in [1.82, 2.24) is 0 Å². The van der Waals surface area contributed by atoms with Crippen molar-refractivity contribution in [3.05, 3.63) is 12.2 Å². The number of aliphatic hydroxyl groups excluding tert-OH is 2. The van der Waals surface area contributed by atoms with Gasteiger partial charge in [0.2, 0.25) is 0 Å². The Kier molecular flexibility index (Phi) is 14.5. The van der Waals surface area contributed by atoms with Crippen LogP contribution in [0.3, 0.4) is 0 Å². The van der Waals surface area contributed by atoms with Crippen molar-refractivity contribution in [2.45, 2.75) is 108 Å². The molecule has 0 amide bonds. The average Bonchev–Trinajstić information content (AvgIpc) is 2.62. The summed E-state index contributed by atoms with van der Waals surface area (Å²) in [6, 6.07) is -1.70. The van der Waals surface area contributed by atoms with E-state index < -0.39 is 30.2 Å². The van der Waals surface area contributed by atoms with Gasteiger partial charge in [0.1, 0.15) is 6.10 Å². The van der Waals surface area contributed by atoms with Crippen LogP contribution in [0.25, 0.3) is 0 Å². The second kappa shape index (κ2) is 15.1. The van der Waals surface area contributed by atoms with E-state index in [2.05, 4.69) is 6.92 Å². The van der Waals surface area contributed by atoms with Gasteiger partial charge in [0, 0.05) is 0 Å². The number of nitrogens with two attached hydrogens (primary N) is 1. The lowest BCUT2D eigenvalue weighted by atomic mass is 10.0. The van der Waals surface area contributed by atoms with Gasteiger partial charge in [-0.15, -0.1) is 0 Å². The van der Waals surface area contributed by atoms with E-state index in [4.69, 9.17) is 5.73 Å². The predicted octanol–water partition coefficient (Wildman–Crippen LogP) is 4.42. The number of allylic oxidation sites excluding steroid dienone is 1. The maximum absolute atomic E-state index is 12.2. The fourth-order valence-corrected chi connectivity index (χ4v) is 2.82. The molecular weight excluding hydrogens is 359 g/mol. The van der Waals surface area contributed by atoms with E-state index in [0.29, 0.717) is 6.42 Å². The molecule has 1 unspecified atom stereocenters. The summed E-state index contributed by atoms with van der Waals surface area (Å²) < 4.78 is 36.7. The molecule has 27 heavy (non-hydrogen) atoms. The van der Waals surface area contributed by atoms with E-state index in [1.54, 1.807) is 6.08 Å². The first-order valence-electron chi connectivity index (χ1n) is 10.1. The van der Waals surface area contributed by atoms with Crippen LogP contribution in [-0.4, -0.2) is 40.4 Å². The Hall–Kier alpha value is -0.920. The number of carbonyl (C=O) groups excluding carboxylic acids is 1. The molecule has 0 bridgehead atoms. The van der Waals surface area contributed by atoms with Crippen molar-refractivity contribution < 1.29 is 28.2 Å². The van der Waals surface area contributed by atoms with Crippen molar-refractivity contribution in [3.63, 3.8) is 0 Å². The van der Waals surface area contributed by atoms with Gasteiger partial charge in [-0.1, -0.05) is 83.3 Å². The van der Waals surface area contributed by atoms with E-state index in [9.17, 15) is 28.2 Å². The first kappa shape index (κ1) is 26.1. The first-order valence-corrected chi connectivity index (χ1v) is 10.1. The monoisotopic (exact) mass is 395 g/mol. The number of aliphatic hydroxyl groups is 2. The summed E-state index contributed by atoms with van der Waals surface area (Å²) in [5, 5.41) is 19.0. The SMILES string of the molecule is CCCCCCCCCCCCC/C=C/[C@@H](O)[C@@H](N)C(O)C(=O)C(F)(F)F. The molecule has 160 valence electrons. The van der Waals surface area contributed by atoms with Gasteiger partial charge in [-0.3, -0.25) is 4.79 Å². The fourth-order valence-electron chi connectivity index (χ4n) is 2.82. The number of ketones is 1. The van der Waals surface area contributed by atoms with Gasteiger partial charge in [-0.2, -0.15) is 13.2 Å². The van der Waals surface area contributed by atoms with Crippen LogP contribution in [0.1, 0.15) is 84.0 Å². The van der Waals surface area contributed by atoms with Crippen LogP contribution >= 0.6 is 0 Å². The molecular formula is C20H36F3NO3. The zero-order valence-electron chi connectivity index (χ0n) is 16.4. The third-order valence-electron chi connectivity index (χ3n) is 4.61. The maximum Gasteiger partial charge on any atom is 0.452 e. The lowest BCUT2D eigenvalue weighted by Gasteiger charge is -2.21. The molecule has 0 aliphatic rings. The minimum Gasteiger partial charge on any atom is -0.387 e. The van der Waals surface area contributed by atoms with Crippen LogP contribution in [0, 0.1) is 0 Å². The predicted molar refractivity (Wildman–Crippen MR) is 101 cm³/mol. The van der Waals surface area contributed by atoms with E-state index in [-0.39, 0.29) is 0 Å². The largest absolute Gasteiger partial charge is 0.452 e. The maximum atomic E-state index is 12.2. The molecule has 0 fully saturated rings. The molecule has 0 aliphatic heterocycles. The van der Waals surface area contributed by atoms with Crippen molar-refractivity contribution in [2.24, 2.45) is 5.73 Å². The lowest BCUT2D eigenvalue weighted by Crippen LogP contribution is -2.51. The van der Waals surface area contributed by atoms with Gasteiger partial charge in [0.05, 0.1) is 12.1 Å². The molecule has 0 aromatic rings. The van der Waals surface area contributed by atoms with Gasteiger partial charge in [0.15, 0.2) is 0 Å². The number of rotatable bonds is 16. The summed E-state index contributed by atoms with van der Waals surface area (Å²) in [5.74, 6) is -2.34. The number of unbranched alkanes of at least 4 members (excludes halogenated alkanes) is 11. The van der Waals surface area contributed by atoms with E-state index in [1.807, 2.05) is 0 Å². The van der Waals surface area contributed by atoms with E-state index in [0.717, 1.165) is 19.3 Å². The number of carbonyl (C=O) groups is 1. The van der Waals surface area contributed by atoms with Gasteiger partial charge in [-0.25, -0.2) is 0 Å². The molecule has 0 rings (SSSR count). The smallest absolute Gasteiger partial charge is 0.387 e. The van der Waals surface area contributed by atoms with Crippen LogP contribution in [-0.2, 0) is 4.79 Å². The summed E-state index contributed by atoms with van der Waals surface area (Å²) in [7, 11) is 0. The molecule has 0 aliphatic carbocycles. The number of hydrogen-bond acceptors (Lipinski definition) is 4.